The Morgan fingerprint density at radius 1 is 0.667 bits per heavy atom. The molecule has 6 nitrogen and oxygen atoms in total. The Morgan fingerprint density at radius 2 is 1.26 bits per heavy atom. The number of methoxy groups -OCH3 is 1. The van der Waals surface area contributed by atoms with E-state index in [0.29, 0.717) is 42.1 Å². The third-order valence-electron chi connectivity index (χ3n) is 11.4. The minimum absolute atomic E-state index is 0.128. The van der Waals surface area contributed by atoms with Crippen LogP contribution in [0.2, 0.25) is 0 Å². The van der Waals surface area contributed by atoms with Gasteiger partial charge in [0.2, 0.25) is 0 Å². The number of carbonyl (C=O) groups excluding carboxylic acids is 2. The summed E-state index contributed by atoms with van der Waals surface area (Å²) in [5, 5.41) is 2.09. The first-order valence-corrected chi connectivity index (χ1v) is 23.1. The minimum Gasteiger partial charge on any atom is -0.496 e. The molecule has 0 N–H and O–H groups in total. The van der Waals surface area contributed by atoms with Crippen LogP contribution in [0.15, 0.2) is 140 Å². The first-order chi connectivity index (χ1) is 31.9. The molecule has 0 aliphatic carbocycles. The van der Waals surface area contributed by atoms with Gasteiger partial charge in [0.25, 0.3) is 0 Å². The van der Waals surface area contributed by atoms with Crippen LogP contribution in [-0.2, 0) is 39.8 Å². The van der Waals surface area contributed by atoms with Crippen molar-refractivity contribution in [2.45, 2.75) is 71.4 Å². The molecule has 6 aromatic carbocycles. The molecule has 0 spiro atoms. The van der Waals surface area contributed by atoms with Crippen LogP contribution in [-0.4, -0.2) is 32.3 Å². The molecule has 340 valence electrons. The van der Waals surface area contributed by atoms with Gasteiger partial charge < -0.3 is 18.9 Å². The second kappa shape index (κ2) is 22.0. The third kappa shape index (κ3) is 12.4. The number of rotatable bonds is 20. The number of benzene rings is 6. The Morgan fingerprint density at radius 3 is 1.89 bits per heavy atom. The molecule has 0 amide bonds. The summed E-state index contributed by atoms with van der Waals surface area (Å²) in [6.07, 6.45) is 4.91. The molecule has 0 atom stereocenters. The van der Waals surface area contributed by atoms with Crippen LogP contribution in [0.1, 0.15) is 73.8 Å². The molecule has 0 saturated carbocycles. The lowest BCUT2D eigenvalue weighted by Gasteiger charge is -2.13. The lowest BCUT2D eigenvalue weighted by Crippen LogP contribution is -2.08. The van der Waals surface area contributed by atoms with Gasteiger partial charge in [-0.2, -0.15) is 13.2 Å². The number of alkyl halides is 3. The summed E-state index contributed by atoms with van der Waals surface area (Å²) in [5.41, 5.74) is 5.96. The van der Waals surface area contributed by atoms with Crippen LogP contribution >= 0.6 is 11.3 Å². The number of halogens is 3. The molecule has 0 aliphatic heterocycles. The molecule has 1 heterocycles. The van der Waals surface area contributed by atoms with E-state index in [1.54, 1.807) is 43.6 Å². The molecule has 0 aliphatic rings. The molecule has 66 heavy (non-hydrogen) atoms. The number of hydrogen-bond donors (Lipinski definition) is 0. The van der Waals surface area contributed by atoms with Crippen LogP contribution in [0, 0.1) is 0 Å². The number of fused-ring (bicyclic) bond motifs is 3. The van der Waals surface area contributed by atoms with Gasteiger partial charge in [-0.25, -0.2) is 9.59 Å². The predicted molar refractivity (Wildman–Crippen MR) is 260 cm³/mol. The number of carbonyl (C=O) groups is 2. The first kappa shape index (κ1) is 47.3. The Hall–Kier alpha value is -6.65. The Balaban J connectivity index is 0.989. The summed E-state index contributed by atoms with van der Waals surface area (Å²) in [6, 6.07) is 37.8. The van der Waals surface area contributed by atoms with Gasteiger partial charge >= 0.3 is 18.1 Å². The predicted octanol–water partition coefficient (Wildman–Crippen LogP) is 14.8. The standard InChI is InChI=1S/C56H53F3O6S/c1-5-6-7-10-38-14-26-47(27-15-38)65-54(60)30-23-40-17-19-42(33-50(40)56(57,58)59)44-21-28-48-49-29-22-45(36-53(49)66-52(48)35-44)43-20-18-41(51(34-43)62-4)16-11-39-12-24-46(25-13-39)63-31-8-9-32-64-55(61)37(2)3/h12-15,17-30,33-36H,2,5-11,16,31-32H2,1,3-4H3/b30-23+. The summed E-state index contributed by atoms with van der Waals surface area (Å²) >= 11 is 1.59. The summed E-state index contributed by atoms with van der Waals surface area (Å²) in [7, 11) is 1.68. The van der Waals surface area contributed by atoms with Gasteiger partial charge in [-0.15, -0.1) is 11.3 Å². The van der Waals surface area contributed by atoms with Gasteiger partial charge in [0, 0.05) is 31.8 Å². The largest absolute Gasteiger partial charge is 0.496 e. The van der Waals surface area contributed by atoms with E-state index in [4.69, 9.17) is 18.9 Å². The van der Waals surface area contributed by atoms with Crippen LogP contribution < -0.4 is 14.2 Å². The molecule has 1 aromatic heterocycles. The average Bonchev–Trinajstić information content (AvgIpc) is 3.69. The Labute approximate surface area is 388 Å². The topological polar surface area (TPSA) is 71.1 Å². The monoisotopic (exact) mass is 910 g/mol. The quantitative estimate of drug-likeness (QED) is 0.0328. The van der Waals surface area contributed by atoms with Crippen molar-refractivity contribution in [3.8, 4) is 39.5 Å². The zero-order valence-corrected chi connectivity index (χ0v) is 38.3. The zero-order chi connectivity index (χ0) is 46.6. The van der Waals surface area contributed by atoms with Gasteiger partial charge in [-0.1, -0.05) is 99.1 Å². The number of hydrogen-bond acceptors (Lipinski definition) is 7. The number of ether oxygens (including phenoxy) is 4. The van der Waals surface area contributed by atoms with E-state index in [-0.39, 0.29) is 11.5 Å². The summed E-state index contributed by atoms with van der Waals surface area (Å²) < 4.78 is 67.6. The zero-order valence-electron chi connectivity index (χ0n) is 37.5. The van der Waals surface area contributed by atoms with E-state index in [9.17, 15) is 22.8 Å². The van der Waals surface area contributed by atoms with Gasteiger partial charge in [0.05, 0.1) is 25.9 Å². The molecule has 0 unspecified atom stereocenters. The molecular formula is C56H53F3O6S. The Kier molecular flexibility index (Phi) is 15.8. The van der Waals surface area contributed by atoms with E-state index >= 15 is 0 Å². The van der Waals surface area contributed by atoms with E-state index in [1.165, 1.54) is 11.6 Å². The van der Waals surface area contributed by atoms with Crippen molar-refractivity contribution >= 4 is 49.5 Å². The van der Waals surface area contributed by atoms with Gasteiger partial charge in [0.15, 0.2) is 0 Å². The highest BCUT2D eigenvalue weighted by Gasteiger charge is 2.33. The van der Waals surface area contributed by atoms with Crippen molar-refractivity contribution in [2.24, 2.45) is 0 Å². The highest BCUT2D eigenvalue weighted by molar-refractivity contribution is 7.25. The molecule has 10 heteroatoms. The van der Waals surface area contributed by atoms with Crippen LogP contribution in [0.25, 0.3) is 48.5 Å². The van der Waals surface area contributed by atoms with E-state index < -0.39 is 17.7 Å². The molecule has 0 fully saturated rings. The average molecular weight is 911 g/mol. The minimum atomic E-state index is -4.65. The maximum atomic E-state index is 14.4. The normalized spacial score (nSPS) is 11.6. The van der Waals surface area contributed by atoms with Gasteiger partial charge in [0.1, 0.15) is 17.2 Å². The van der Waals surface area contributed by atoms with Gasteiger partial charge in [-0.05, 0) is 145 Å². The molecule has 7 aromatic rings. The maximum Gasteiger partial charge on any atom is 0.417 e. The van der Waals surface area contributed by atoms with E-state index in [2.05, 4.69) is 62.0 Å². The SMILES string of the molecule is C=C(C)C(=O)OCCCCOc1ccc(CCc2ccc(-c3ccc4c(c3)sc3cc(-c5ccc(/C=C/C(=O)Oc6ccc(CCCCC)cc6)c(C(F)(F)F)c5)ccc34)cc2OC)cc1. The number of esters is 2. The fourth-order valence-corrected chi connectivity index (χ4v) is 8.90. The Bertz CT molecular complexity index is 2840. The molecule has 0 saturated heterocycles. The second-order valence-corrected chi connectivity index (χ2v) is 17.4. The highest BCUT2D eigenvalue weighted by atomic mass is 32.1. The van der Waals surface area contributed by atoms with Crippen molar-refractivity contribution in [2.75, 3.05) is 20.3 Å². The molecular weight excluding hydrogens is 858 g/mol. The van der Waals surface area contributed by atoms with Crippen LogP contribution in [0.4, 0.5) is 13.2 Å². The van der Waals surface area contributed by atoms with Crippen molar-refractivity contribution in [3.05, 3.63) is 167 Å². The lowest BCUT2D eigenvalue weighted by molar-refractivity contribution is -0.139. The number of aryl methyl sites for hydroxylation is 3. The van der Waals surface area contributed by atoms with Crippen molar-refractivity contribution < 1.29 is 41.7 Å². The fraction of sp³-hybridized carbons (Fsp3) is 0.250. The lowest BCUT2D eigenvalue weighted by atomic mass is 9.97. The summed E-state index contributed by atoms with van der Waals surface area (Å²) in [6.45, 7) is 8.24. The number of unbranched alkanes of at least 4 members (excludes halogenated alkanes) is 3. The fourth-order valence-electron chi connectivity index (χ4n) is 7.72. The van der Waals surface area contributed by atoms with Crippen molar-refractivity contribution in [1.29, 1.82) is 0 Å². The van der Waals surface area contributed by atoms with Crippen molar-refractivity contribution in [3.63, 3.8) is 0 Å². The van der Waals surface area contributed by atoms with Crippen LogP contribution in [0.5, 0.6) is 17.2 Å². The molecule has 0 bridgehead atoms. The van der Waals surface area contributed by atoms with Gasteiger partial charge in [-0.3, -0.25) is 0 Å². The summed E-state index contributed by atoms with van der Waals surface area (Å²) in [4.78, 5) is 24.1. The smallest absolute Gasteiger partial charge is 0.417 e. The summed E-state index contributed by atoms with van der Waals surface area (Å²) in [5.74, 6) is 0.809. The van der Waals surface area contributed by atoms with E-state index in [1.807, 2.05) is 42.5 Å². The maximum absolute atomic E-state index is 14.4. The third-order valence-corrected chi connectivity index (χ3v) is 12.5. The van der Waals surface area contributed by atoms with Crippen molar-refractivity contribution in [1.82, 2.24) is 0 Å². The van der Waals surface area contributed by atoms with Crippen LogP contribution in [0.3, 0.4) is 0 Å². The second-order valence-electron chi connectivity index (χ2n) is 16.3. The molecule has 0 radical (unpaired) electrons. The highest BCUT2D eigenvalue weighted by Crippen LogP contribution is 2.41. The number of thiophene rings is 1. The molecule has 7 rings (SSSR count). The van der Waals surface area contributed by atoms with E-state index in [0.717, 1.165) is 117 Å². The first-order valence-electron chi connectivity index (χ1n) is 22.3.